The number of hydrogen-bond acceptors (Lipinski definition) is 2. The molecule has 0 atom stereocenters. The highest BCUT2D eigenvalue weighted by molar-refractivity contribution is 6.35. The van der Waals surface area contributed by atoms with Crippen LogP contribution in [0.15, 0.2) is 60.7 Å². The third kappa shape index (κ3) is 3.09. The standard InChI is InChI=1S/C20H14Cl2N2O/c1-25-16-6-4-12-8-14(3-2-13(12)9-16)19-11-20(24-23-19)17-10-15(21)5-7-18(17)22/h2-11H,1H3,(H,23,24). The van der Waals surface area contributed by atoms with Crippen molar-refractivity contribution >= 4 is 34.0 Å². The Morgan fingerprint density at radius 1 is 0.880 bits per heavy atom. The van der Waals surface area contributed by atoms with E-state index < -0.39 is 0 Å². The van der Waals surface area contributed by atoms with E-state index in [-0.39, 0.29) is 0 Å². The molecule has 124 valence electrons. The average molecular weight is 369 g/mol. The molecule has 0 fully saturated rings. The summed E-state index contributed by atoms with van der Waals surface area (Å²) in [6.45, 7) is 0. The summed E-state index contributed by atoms with van der Waals surface area (Å²) >= 11 is 12.4. The molecule has 0 saturated heterocycles. The first-order valence-corrected chi connectivity index (χ1v) is 8.48. The zero-order chi connectivity index (χ0) is 17.4. The molecule has 0 aliphatic heterocycles. The molecule has 0 amide bonds. The van der Waals surface area contributed by atoms with Gasteiger partial charge in [-0.1, -0.05) is 41.4 Å². The molecule has 1 aromatic heterocycles. The normalized spacial score (nSPS) is 11.0. The van der Waals surface area contributed by atoms with Gasteiger partial charge in [0.1, 0.15) is 5.75 Å². The van der Waals surface area contributed by atoms with Crippen molar-refractivity contribution in [3.8, 4) is 28.3 Å². The Bertz CT molecular complexity index is 1070. The smallest absolute Gasteiger partial charge is 0.119 e. The van der Waals surface area contributed by atoms with Gasteiger partial charge in [0, 0.05) is 16.1 Å². The molecule has 25 heavy (non-hydrogen) atoms. The molecule has 0 aliphatic carbocycles. The molecule has 4 rings (SSSR count). The van der Waals surface area contributed by atoms with Crippen LogP contribution in [0.25, 0.3) is 33.3 Å². The number of aromatic nitrogens is 2. The number of methoxy groups -OCH3 is 1. The van der Waals surface area contributed by atoms with E-state index in [1.165, 1.54) is 0 Å². The fourth-order valence-corrected chi connectivity index (χ4v) is 3.21. The second-order valence-electron chi connectivity index (χ2n) is 5.72. The van der Waals surface area contributed by atoms with Gasteiger partial charge in [0.25, 0.3) is 0 Å². The van der Waals surface area contributed by atoms with Gasteiger partial charge < -0.3 is 4.74 Å². The topological polar surface area (TPSA) is 37.9 Å². The summed E-state index contributed by atoms with van der Waals surface area (Å²) in [5.41, 5.74) is 3.54. The largest absolute Gasteiger partial charge is 0.497 e. The van der Waals surface area contributed by atoms with Crippen LogP contribution in [0.5, 0.6) is 5.75 Å². The first-order valence-electron chi connectivity index (χ1n) is 7.73. The second kappa shape index (κ2) is 6.43. The van der Waals surface area contributed by atoms with E-state index >= 15 is 0 Å². The first-order chi connectivity index (χ1) is 12.1. The van der Waals surface area contributed by atoms with Gasteiger partial charge in [-0.25, -0.2) is 0 Å². The fourth-order valence-electron chi connectivity index (χ4n) is 2.82. The predicted octanol–water partition coefficient (Wildman–Crippen LogP) is 6.21. The van der Waals surface area contributed by atoms with Gasteiger partial charge in [-0.2, -0.15) is 5.10 Å². The molecular formula is C20H14Cl2N2O. The van der Waals surface area contributed by atoms with Gasteiger partial charge in [-0.05, 0) is 53.2 Å². The monoisotopic (exact) mass is 368 g/mol. The molecule has 0 spiro atoms. The highest BCUT2D eigenvalue weighted by Crippen LogP contribution is 2.32. The molecule has 5 heteroatoms. The first kappa shape index (κ1) is 16.0. The number of nitrogens with one attached hydrogen (secondary N) is 1. The highest BCUT2D eigenvalue weighted by atomic mass is 35.5. The third-order valence-electron chi connectivity index (χ3n) is 4.14. The van der Waals surface area contributed by atoms with Gasteiger partial charge in [0.2, 0.25) is 0 Å². The fraction of sp³-hybridized carbons (Fsp3) is 0.0500. The minimum Gasteiger partial charge on any atom is -0.497 e. The van der Waals surface area contributed by atoms with E-state index in [9.17, 15) is 0 Å². The van der Waals surface area contributed by atoms with Crippen LogP contribution in [0, 0.1) is 0 Å². The van der Waals surface area contributed by atoms with Crippen LogP contribution in [0.2, 0.25) is 10.0 Å². The molecule has 3 aromatic carbocycles. The van der Waals surface area contributed by atoms with Crippen molar-refractivity contribution in [2.75, 3.05) is 7.11 Å². The van der Waals surface area contributed by atoms with Crippen LogP contribution in [-0.4, -0.2) is 17.3 Å². The molecule has 0 radical (unpaired) electrons. The van der Waals surface area contributed by atoms with Crippen molar-refractivity contribution < 1.29 is 4.74 Å². The Morgan fingerprint density at radius 3 is 2.52 bits per heavy atom. The summed E-state index contributed by atoms with van der Waals surface area (Å²) < 4.78 is 5.27. The molecule has 0 unspecified atom stereocenters. The van der Waals surface area contributed by atoms with Crippen molar-refractivity contribution in [1.29, 1.82) is 0 Å². The Morgan fingerprint density at radius 2 is 1.68 bits per heavy atom. The molecule has 1 N–H and O–H groups in total. The highest BCUT2D eigenvalue weighted by Gasteiger charge is 2.10. The minimum atomic E-state index is 0.630. The number of rotatable bonds is 3. The van der Waals surface area contributed by atoms with Crippen LogP contribution in [0.3, 0.4) is 0 Å². The average Bonchev–Trinajstić information content (AvgIpc) is 3.12. The van der Waals surface area contributed by atoms with Gasteiger partial charge >= 0.3 is 0 Å². The van der Waals surface area contributed by atoms with Crippen molar-refractivity contribution in [2.45, 2.75) is 0 Å². The van der Waals surface area contributed by atoms with Crippen molar-refractivity contribution in [3.63, 3.8) is 0 Å². The number of benzene rings is 3. The van der Waals surface area contributed by atoms with E-state index in [0.29, 0.717) is 10.0 Å². The van der Waals surface area contributed by atoms with Crippen LogP contribution >= 0.6 is 23.2 Å². The Kier molecular flexibility index (Phi) is 4.12. The summed E-state index contributed by atoms with van der Waals surface area (Å²) in [4.78, 5) is 0. The van der Waals surface area contributed by atoms with Gasteiger partial charge in [0.05, 0.1) is 23.5 Å². The Balaban J connectivity index is 1.74. The maximum atomic E-state index is 6.27. The molecule has 0 bridgehead atoms. The van der Waals surface area contributed by atoms with Crippen LogP contribution in [-0.2, 0) is 0 Å². The van der Waals surface area contributed by atoms with Crippen LogP contribution in [0.4, 0.5) is 0 Å². The third-order valence-corrected chi connectivity index (χ3v) is 4.70. The SMILES string of the molecule is COc1ccc2cc(-c3cc(-c4cc(Cl)ccc4Cl)[nH]n3)ccc2c1. The van der Waals surface area contributed by atoms with Crippen molar-refractivity contribution in [2.24, 2.45) is 0 Å². The summed E-state index contributed by atoms with van der Waals surface area (Å²) in [6, 6.07) is 19.6. The zero-order valence-corrected chi connectivity index (χ0v) is 14.9. The second-order valence-corrected chi connectivity index (χ2v) is 6.56. The van der Waals surface area contributed by atoms with Crippen molar-refractivity contribution in [3.05, 3.63) is 70.7 Å². The number of ether oxygens (including phenoxy) is 1. The lowest BCUT2D eigenvalue weighted by atomic mass is 10.0. The summed E-state index contributed by atoms with van der Waals surface area (Å²) in [7, 11) is 1.67. The van der Waals surface area contributed by atoms with Crippen molar-refractivity contribution in [1.82, 2.24) is 10.2 Å². The molecule has 4 aromatic rings. The number of fused-ring (bicyclic) bond motifs is 1. The molecule has 3 nitrogen and oxygen atoms in total. The number of nitrogens with zero attached hydrogens (tertiary/aromatic N) is 1. The van der Waals surface area contributed by atoms with Gasteiger partial charge in [-0.15, -0.1) is 0 Å². The number of H-pyrrole nitrogens is 1. The van der Waals surface area contributed by atoms with Crippen LogP contribution < -0.4 is 4.74 Å². The molecule has 1 heterocycles. The number of halogens is 2. The quantitative estimate of drug-likeness (QED) is 0.466. The van der Waals surface area contributed by atoms with Gasteiger partial charge in [0.15, 0.2) is 0 Å². The number of hydrogen-bond donors (Lipinski definition) is 1. The van der Waals surface area contributed by atoms with E-state index in [1.807, 2.05) is 36.4 Å². The van der Waals surface area contributed by atoms with E-state index in [0.717, 1.165) is 39.0 Å². The summed E-state index contributed by atoms with van der Waals surface area (Å²) in [5.74, 6) is 0.845. The Hall–Kier alpha value is -2.49. The maximum absolute atomic E-state index is 6.27. The summed E-state index contributed by atoms with van der Waals surface area (Å²) in [6.07, 6.45) is 0. The lowest BCUT2D eigenvalue weighted by Gasteiger charge is -2.04. The van der Waals surface area contributed by atoms with E-state index in [2.05, 4.69) is 22.3 Å². The molecule has 0 aliphatic rings. The Labute approximate surface area is 155 Å². The van der Waals surface area contributed by atoms with E-state index in [4.69, 9.17) is 27.9 Å². The lowest BCUT2D eigenvalue weighted by molar-refractivity contribution is 0.415. The maximum Gasteiger partial charge on any atom is 0.119 e. The number of aromatic amines is 1. The van der Waals surface area contributed by atoms with E-state index in [1.54, 1.807) is 19.2 Å². The minimum absolute atomic E-state index is 0.630. The molecular weight excluding hydrogens is 355 g/mol. The van der Waals surface area contributed by atoms with Crippen LogP contribution in [0.1, 0.15) is 0 Å². The summed E-state index contributed by atoms with van der Waals surface area (Å²) in [5, 5.41) is 11.0. The zero-order valence-electron chi connectivity index (χ0n) is 13.4. The molecule has 0 saturated carbocycles. The predicted molar refractivity (Wildman–Crippen MR) is 104 cm³/mol. The van der Waals surface area contributed by atoms with Gasteiger partial charge in [-0.3, -0.25) is 5.10 Å². The lowest BCUT2D eigenvalue weighted by Crippen LogP contribution is -1.83.